The number of carbonyl (C=O) groups is 2. The standard InChI is InChI=1S/C25H23N5O3/c1-2-23(31)28-13-11-18-15-19(9-10-21(18)28)24(32)26-20-7-5-6-17(14-20)16-30-25(33)29-12-4-3-8-22(29)27-30/h3-10,12,14-15H,2,11,13,16H2,1H3,(H,26,32). The number of carbonyl (C=O) groups excluding carboxylic acids is 2. The number of rotatable bonds is 5. The van der Waals surface area contributed by atoms with Crippen molar-refractivity contribution in [3.63, 3.8) is 0 Å². The van der Waals surface area contributed by atoms with Crippen molar-refractivity contribution in [1.29, 1.82) is 0 Å². The molecule has 2 aromatic carbocycles. The quantitative estimate of drug-likeness (QED) is 0.516. The summed E-state index contributed by atoms with van der Waals surface area (Å²) in [5.41, 5.74) is 4.29. The molecule has 1 aliphatic rings. The van der Waals surface area contributed by atoms with E-state index in [1.165, 1.54) is 9.08 Å². The Morgan fingerprint density at radius 3 is 2.76 bits per heavy atom. The molecule has 166 valence electrons. The van der Waals surface area contributed by atoms with E-state index in [9.17, 15) is 14.4 Å². The van der Waals surface area contributed by atoms with Gasteiger partial charge in [-0.2, -0.15) is 0 Å². The molecule has 3 heterocycles. The van der Waals surface area contributed by atoms with E-state index in [4.69, 9.17) is 0 Å². The van der Waals surface area contributed by atoms with Crippen molar-refractivity contribution in [3.05, 3.63) is 94.0 Å². The maximum Gasteiger partial charge on any atom is 0.350 e. The highest BCUT2D eigenvalue weighted by Crippen LogP contribution is 2.29. The van der Waals surface area contributed by atoms with Gasteiger partial charge in [0.05, 0.1) is 6.54 Å². The SMILES string of the molecule is CCC(=O)N1CCc2cc(C(=O)Nc3cccc(Cn4nc5ccccn5c4=O)c3)ccc21. The predicted molar refractivity (Wildman–Crippen MR) is 126 cm³/mol. The van der Waals surface area contributed by atoms with Gasteiger partial charge >= 0.3 is 5.69 Å². The van der Waals surface area contributed by atoms with Crippen LogP contribution in [0, 0.1) is 0 Å². The molecule has 0 atom stereocenters. The van der Waals surface area contributed by atoms with Crippen LogP contribution >= 0.6 is 0 Å². The first-order valence-electron chi connectivity index (χ1n) is 10.9. The first-order valence-corrected chi connectivity index (χ1v) is 10.9. The largest absolute Gasteiger partial charge is 0.350 e. The van der Waals surface area contributed by atoms with Gasteiger partial charge in [0, 0.05) is 36.1 Å². The molecule has 5 rings (SSSR count). The highest BCUT2D eigenvalue weighted by Gasteiger charge is 2.24. The van der Waals surface area contributed by atoms with Crippen molar-refractivity contribution in [2.24, 2.45) is 0 Å². The molecule has 0 fully saturated rings. The normalized spacial score (nSPS) is 12.7. The van der Waals surface area contributed by atoms with Crippen molar-refractivity contribution in [1.82, 2.24) is 14.2 Å². The van der Waals surface area contributed by atoms with Crippen LogP contribution < -0.4 is 15.9 Å². The molecule has 0 saturated carbocycles. The van der Waals surface area contributed by atoms with Crippen LogP contribution in [-0.4, -0.2) is 32.5 Å². The molecule has 0 unspecified atom stereocenters. The molecule has 8 heteroatoms. The summed E-state index contributed by atoms with van der Waals surface area (Å²) >= 11 is 0. The minimum atomic E-state index is -0.222. The highest BCUT2D eigenvalue weighted by molar-refractivity contribution is 6.05. The van der Waals surface area contributed by atoms with Crippen molar-refractivity contribution >= 4 is 28.8 Å². The summed E-state index contributed by atoms with van der Waals surface area (Å²) in [4.78, 5) is 39.3. The Morgan fingerprint density at radius 2 is 1.94 bits per heavy atom. The lowest BCUT2D eigenvalue weighted by Gasteiger charge is -2.16. The van der Waals surface area contributed by atoms with E-state index in [-0.39, 0.29) is 17.5 Å². The summed E-state index contributed by atoms with van der Waals surface area (Å²) < 4.78 is 2.90. The zero-order valence-corrected chi connectivity index (χ0v) is 18.2. The van der Waals surface area contributed by atoms with Crippen LogP contribution in [0.25, 0.3) is 5.65 Å². The van der Waals surface area contributed by atoms with Crippen molar-refractivity contribution in [3.8, 4) is 0 Å². The van der Waals surface area contributed by atoms with Gasteiger partial charge in [-0.1, -0.05) is 25.1 Å². The van der Waals surface area contributed by atoms with Gasteiger partial charge in [0.15, 0.2) is 5.65 Å². The van der Waals surface area contributed by atoms with Crippen LogP contribution in [0.15, 0.2) is 71.7 Å². The Bertz CT molecular complexity index is 1440. The molecule has 1 N–H and O–H groups in total. The van der Waals surface area contributed by atoms with Gasteiger partial charge in [-0.3, -0.25) is 14.0 Å². The number of anilines is 2. The smallest absolute Gasteiger partial charge is 0.322 e. The molecule has 8 nitrogen and oxygen atoms in total. The van der Waals surface area contributed by atoms with Crippen LogP contribution in [-0.2, 0) is 17.8 Å². The van der Waals surface area contributed by atoms with Crippen molar-refractivity contribution in [2.75, 3.05) is 16.8 Å². The third-order valence-corrected chi connectivity index (χ3v) is 5.85. The van der Waals surface area contributed by atoms with E-state index in [0.717, 1.165) is 23.2 Å². The van der Waals surface area contributed by atoms with Crippen LogP contribution in [0.1, 0.15) is 34.8 Å². The number of pyridine rings is 1. The third kappa shape index (κ3) is 3.91. The fraction of sp³-hybridized carbons (Fsp3) is 0.200. The fourth-order valence-electron chi connectivity index (χ4n) is 4.19. The van der Waals surface area contributed by atoms with E-state index < -0.39 is 0 Å². The van der Waals surface area contributed by atoms with E-state index in [1.807, 2.05) is 49.4 Å². The topological polar surface area (TPSA) is 88.7 Å². The average molecular weight is 441 g/mol. The average Bonchev–Trinajstić information content (AvgIpc) is 3.39. The van der Waals surface area contributed by atoms with E-state index in [2.05, 4.69) is 10.4 Å². The monoisotopic (exact) mass is 441 g/mol. The first-order chi connectivity index (χ1) is 16.0. The Hall–Kier alpha value is -4.20. The molecule has 0 aliphatic carbocycles. The number of hydrogen-bond donors (Lipinski definition) is 1. The van der Waals surface area contributed by atoms with Crippen LogP contribution in [0.4, 0.5) is 11.4 Å². The van der Waals surface area contributed by atoms with Gasteiger partial charge in [-0.05, 0) is 60.0 Å². The summed E-state index contributed by atoms with van der Waals surface area (Å²) in [7, 11) is 0. The first kappa shape index (κ1) is 20.7. The second-order valence-electron chi connectivity index (χ2n) is 8.02. The molecule has 1 aliphatic heterocycles. The van der Waals surface area contributed by atoms with Gasteiger partial charge < -0.3 is 10.2 Å². The minimum Gasteiger partial charge on any atom is -0.322 e. The van der Waals surface area contributed by atoms with Crippen LogP contribution in [0.2, 0.25) is 0 Å². The molecule has 2 aromatic heterocycles. The summed E-state index contributed by atoms with van der Waals surface area (Å²) in [6, 6.07) is 18.2. The second kappa shape index (κ2) is 8.38. The number of amides is 2. The molecule has 2 amide bonds. The summed E-state index contributed by atoms with van der Waals surface area (Å²) in [5.74, 6) is -0.132. The third-order valence-electron chi connectivity index (χ3n) is 5.85. The lowest BCUT2D eigenvalue weighted by molar-refractivity contribution is -0.118. The van der Waals surface area contributed by atoms with Gasteiger partial charge in [0.2, 0.25) is 5.91 Å². The molecule has 0 radical (unpaired) electrons. The molecule has 0 spiro atoms. The summed E-state index contributed by atoms with van der Waals surface area (Å²) in [6.07, 6.45) is 2.89. The number of hydrogen-bond acceptors (Lipinski definition) is 4. The van der Waals surface area contributed by atoms with Gasteiger partial charge in [-0.15, -0.1) is 5.10 Å². The lowest BCUT2D eigenvalue weighted by atomic mass is 10.1. The van der Waals surface area contributed by atoms with Gasteiger partial charge in [-0.25, -0.2) is 9.48 Å². The molecule has 0 saturated heterocycles. The molecule has 4 aromatic rings. The van der Waals surface area contributed by atoms with E-state index >= 15 is 0 Å². The number of nitrogens with one attached hydrogen (secondary N) is 1. The maximum absolute atomic E-state index is 12.9. The van der Waals surface area contributed by atoms with Gasteiger partial charge in [0.25, 0.3) is 5.91 Å². The van der Waals surface area contributed by atoms with Crippen LogP contribution in [0.3, 0.4) is 0 Å². The predicted octanol–water partition coefficient (Wildman–Crippen LogP) is 3.10. The van der Waals surface area contributed by atoms with E-state index in [0.29, 0.717) is 36.4 Å². The second-order valence-corrected chi connectivity index (χ2v) is 8.02. The number of nitrogens with zero attached hydrogens (tertiary/aromatic N) is 4. The van der Waals surface area contributed by atoms with Crippen molar-refractivity contribution < 1.29 is 9.59 Å². The zero-order chi connectivity index (χ0) is 22.9. The van der Waals surface area contributed by atoms with Crippen LogP contribution in [0.5, 0.6) is 0 Å². The number of benzene rings is 2. The molecule has 33 heavy (non-hydrogen) atoms. The molecule has 0 bridgehead atoms. The Morgan fingerprint density at radius 1 is 1.06 bits per heavy atom. The van der Waals surface area contributed by atoms with Crippen molar-refractivity contribution in [2.45, 2.75) is 26.3 Å². The number of aromatic nitrogens is 3. The Balaban J connectivity index is 1.33. The summed E-state index contributed by atoms with van der Waals surface area (Å²) in [6.45, 7) is 2.80. The highest BCUT2D eigenvalue weighted by atomic mass is 16.2. The minimum absolute atomic E-state index is 0.0903. The molecular formula is C25H23N5O3. The lowest BCUT2D eigenvalue weighted by Crippen LogP contribution is -2.27. The Kier molecular flexibility index (Phi) is 5.26. The number of fused-ring (bicyclic) bond motifs is 2. The van der Waals surface area contributed by atoms with E-state index in [1.54, 1.807) is 29.3 Å². The van der Waals surface area contributed by atoms with Gasteiger partial charge in [0.1, 0.15) is 0 Å². The fourth-order valence-corrected chi connectivity index (χ4v) is 4.19. The molecular weight excluding hydrogens is 418 g/mol. The maximum atomic E-state index is 12.9. The zero-order valence-electron chi connectivity index (χ0n) is 18.2. The Labute approximate surface area is 190 Å². The summed E-state index contributed by atoms with van der Waals surface area (Å²) in [5, 5.41) is 7.28.